The molecule has 3 aromatic carbocycles. The third-order valence-electron chi connectivity index (χ3n) is 9.64. The Kier molecular flexibility index (Phi) is 13.6. The van der Waals surface area contributed by atoms with E-state index < -0.39 is 44.3 Å². The normalized spacial score (nSPS) is 23.6. The van der Waals surface area contributed by atoms with Gasteiger partial charge in [-0.2, -0.15) is 0 Å². The second-order valence-electron chi connectivity index (χ2n) is 14.6. The summed E-state index contributed by atoms with van der Waals surface area (Å²) in [6.45, 7) is 17.1. The van der Waals surface area contributed by atoms with Crippen LogP contribution in [0.25, 0.3) is 0 Å². The number of methoxy groups -OCH3 is 2. The summed E-state index contributed by atoms with van der Waals surface area (Å²) >= 11 is 0. The molecule has 8 heteroatoms. The van der Waals surface area contributed by atoms with Gasteiger partial charge in [0, 0.05) is 12.5 Å². The van der Waals surface area contributed by atoms with E-state index in [1.807, 2.05) is 66.7 Å². The summed E-state index contributed by atoms with van der Waals surface area (Å²) in [6.07, 6.45) is 1.96. The Morgan fingerprint density at radius 2 is 1.15 bits per heavy atom. The standard InChI is InChI=1S/C40H56O7Si/c1-39(2,3)48(8,9)47-38-36(44-27-31-18-14-11-15-19-31)34(46-29-41-6)24-25-35(43-26-30-16-12-10-13-17-30)37(40(38,4)5)45-28-32-20-22-33(42-7)23-21-32/h10-25,34-38H,26-29H2,1-9H3/b25-24-/t34-,35+,36+,37+,38+/m1/s1. The summed E-state index contributed by atoms with van der Waals surface area (Å²) in [7, 11) is 0.954. The zero-order valence-electron chi connectivity index (χ0n) is 30.3. The quantitative estimate of drug-likeness (QED) is 0.0907. The van der Waals surface area contributed by atoms with E-state index in [9.17, 15) is 0 Å². The zero-order valence-corrected chi connectivity index (χ0v) is 31.3. The van der Waals surface area contributed by atoms with Crippen molar-refractivity contribution in [3.63, 3.8) is 0 Å². The van der Waals surface area contributed by atoms with Crippen molar-refractivity contribution >= 4 is 8.32 Å². The predicted octanol–water partition coefficient (Wildman–Crippen LogP) is 8.73. The van der Waals surface area contributed by atoms with Gasteiger partial charge in [0.15, 0.2) is 8.32 Å². The van der Waals surface area contributed by atoms with Crippen LogP contribution in [-0.2, 0) is 47.9 Å². The Balaban J connectivity index is 1.80. The summed E-state index contributed by atoms with van der Waals surface area (Å²) in [4.78, 5) is 0. The molecule has 3 aromatic rings. The van der Waals surface area contributed by atoms with Crippen molar-refractivity contribution in [2.75, 3.05) is 21.0 Å². The first-order chi connectivity index (χ1) is 22.9. The van der Waals surface area contributed by atoms with E-state index in [0.717, 1.165) is 22.4 Å². The Morgan fingerprint density at radius 1 is 0.625 bits per heavy atom. The van der Waals surface area contributed by atoms with Gasteiger partial charge in [0.2, 0.25) is 0 Å². The van der Waals surface area contributed by atoms with Gasteiger partial charge in [-0.1, -0.05) is 120 Å². The maximum absolute atomic E-state index is 7.44. The molecule has 0 saturated heterocycles. The summed E-state index contributed by atoms with van der Waals surface area (Å²) in [6, 6.07) is 28.4. The highest BCUT2D eigenvalue weighted by molar-refractivity contribution is 6.74. The van der Waals surface area contributed by atoms with E-state index in [1.54, 1.807) is 14.2 Å². The largest absolute Gasteiger partial charge is 0.497 e. The lowest BCUT2D eigenvalue weighted by Crippen LogP contribution is -2.61. The first kappa shape index (κ1) is 38.0. The molecular weight excluding hydrogens is 621 g/mol. The van der Waals surface area contributed by atoms with Crippen LogP contribution in [0.5, 0.6) is 5.75 Å². The average Bonchev–Trinajstić information content (AvgIpc) is 3.07. The van der Waals surface area contributed by atoms with E-state index in [2.05, 4.69) is 78.1 Å². The van der Waals surface area contributed by atoms with Gasteiger partial charge in [-0.3, -0.25) is 0 Å². The summed E-state index contributed by atoms with van der Waals surface area (Å²) < 4.78 is 45.2. The van der Waals surface area contributed by atoms with E-state index in [-0.39, 0.29) is 11.8 Å². The summed E-state index contributed by atoms with van der Waals surface area (Å²) in [5, 5.41) is -0.0448. The van der Waals surface area contributed by atoms with Crippen molar-refractivity contribution in [3.8, 4) is 5.75 Å². The highest BCUT2D eigenvalue weighted by atomic mass is 28.4. The van der Waals surface area contributed by atoms with Gasteiger partial charge < -0.3 is 32.8 Å². The lowest BCUT2D eigenvalue weighted by molar-refractivity contribution is -0.202. The molecule has 0 N–H and O–H groups in total. The van der Waals surface area contributed by atoms with Crippen molar-refractivity contribution in [2.45, 2.75) is 103 Å². The minimum absolute atomic E-state index is 0.0448. The van der Waals surface area contributed by atoms with Crippen LogP contribution in [0.2, 0.25) is 18.1 Å². The maximum atomic E-state index is 7.44. The van der Waals surface area contributed by atoms with Crippen molar-refractivity contribution in [1.82, 2.24) is 0 Å². The molecule has 0 bridgehead atoms. The van der Waals surface area contributed by atoms with Crippen LogP contribution in [0.15, 0.2) is 97.1 Å². The fourth-order valence-corrected chi connectivity index (χ4v) is 7.12. The molecule has 0 fully saturated rings. The summed E-state index contributed by atoms with van der Waals surface area (Å²) in [5.74, 6) is 0.806. The van der Waals surface area contributed by atoms with Crippen molar-refractivity contribution in [2.24, 2.45) is 5.41 Å². The molecule has 0 aromatic heterocycles. The molecule has 1 aliphatic carbocycles. The molecule has 1 aliphatic rings. The highest BCUT2D eigenvalue weighted by Crippen LogP contribution is 2.45. The number of benzene rings is 3. The van der Waals surface area contributed by atoms with Crippen molar-refractivity contribution < 1.29 is 32.8 Å². The molecule has 5 atom stereocenters. The van der Waals surface area contributed by atoms with Crippen LogP contribution in [0, 0.1) is 5.41 Å². The number of hydrogen-bond donors (Lipinski definition) is 0. The van der Waals surface area contributed by atoms with Gasteiger partial charge in [0.1, 0.15) is 30.9 Å². The monoisotopic (exact) mass is 676 g/mol. The number of rotatable bonds is 15. The van der Waals surface area contributed by atoms with Crippen LogP contribution >= 0.6 is 0 Å². The van der Waals surface area contributed by atoms with Crippen molar-refractivity contribution in [3.05, 3.63) is 114 Å². The first-order valence-corrected chi connectivity index (χ1v) is 19.8. The van der Waals surface area contributed by atoms with Gasteiger partial charge in [0.25, 0.3) is 0 Å². The van der Waals surface area contributed by atoms with E-state index in [4.69, 9.17) is 32.8 Å². The second kappa shape index (κ2) is 17.2. The molecule has 0 amide bonds. The van der Waals surface area contributed by atoms with Gasteiger partial charge in [0.05, 0.1) is 39.1 Å². The number of hydrogen-bond acceptors (Lipinski definition) is 7. The van der Waals surface area contributed by atoms with Crippen LogP contribution in [-0.4, -0.2) is 59.8 Å². The minimum atomic E-state index is -2.35. The fourth-order valence-electron chi connectivity index (χ4n) is 5.70. The molecular formula is C40H56O7Si. The maximum Gasteiger partial charge on any atom is 0.192 e. The molecule has 0 aliphatic heterocycles. The van der Waals surface area contributed by atoms with Crippen LogP contribution in [0.4, 0.5) is 0 Å². The zero-order chi connectivity index (χ0) is 34.8. The molecule has 0 saturated carbocycles. The Morgan fingerprint density at radius 3 is 1.69 bits per heavy atom. The lowest BCUT2D eigenvalue weighted by atomic mass is 9.73. The minimum Gasteiger partial charge on any atom is -0.497 e. The van der Waals surface area contributed by atoms with Gasteiger partial charge >= 0.3 is 0 Å². The fraction of sp³-hybridized carbons (Fsp3) is 0.500. The number of ether oxygens (including phenoxy) is 6. The van der Waals surface area contributed by atoms with Gasteiger partial charge in [-0.05, 0) is 47.0 Å². The lowest BCUT2D eigenvalue weighted by Gasteiger charge is -2.52. The van der Waals surface area contributed by atoms with E-state index >= 15 is 0 Å². The molecule has 0 unspecified atom stereocenters. The molecule has 0 heterocycles. The van der Waals surface area contributed by atoms with Crippen LogP contribution < -0.4 is 4.74 Å². The van der Waals surface area contributed by atoms with E-state index in [1.165, 1.54) is 0 Å². The molecule has 262 valence electrons. The first-order valence-electron chi connectivity index (χ1n) is 16.9. The van der Waals surface area contributed by atoms with Gasteiger partial charge in [-0.15, -0.1) is 0 Å². The van der Waals surface area contributed by atoms with E-state index in [0.29, 0.717) is 19.8 Å². The average molecular weight is 677 g/mol. The highest BCUT2D eigenvalue weighted by Gasteiger charge is 2.53. The predicted molar refractivity (Wildman–Crippen MR) is 193 cm³/mol. The smallest absolute Gasteiger partial charge is 0.192 e. The van der Waals surface area contributed by atoms with Crippen molar-refractivity contribution in [1.29, 1.82) is 0 Å². The molecule has 4 rings (SSSR count). The van der Waals surface area contributed by atoms with Crippen LogP contribution in [0.1, 0.15) is 51.3 Å². The van der Waals surface area contributed by atoms with Gasteiger partial charge in [-0.25, -0.2) is 0 Å². The molecule has 0 spiro atoms. The SMILES string of the molecule is COCO[C@@H]1/C=C\[C@H](OCc2ccccc2)[C@H](OCc2ccc(OC)cc2)C(C)(C)[C@@H](O[Si](C)(C)C(C)(C)C)[C@H]1OCc1ccccc1. The molecule has 7 nitrogen and oxygen atoms in total. The summed E-state index contributed by atoms with van der Waals surface area (Å²) in [5.41, 5.74) is 2.60. The molecule has 48 heavy (non-hydrogen) atoms. The third kappa shape index (κ3) is 10.1. The van der Waals surface area contributed by atoms with Crippen LogP contribution in [0.3, 0.4) is 0 Å². The Labute approximate surface area is 289 Å². The topological polar surface area (TPSA) is 64.6 Å². The Bertz CT molecular complexity index is 1390. The molecule has 0 radical (unpaired) electrons. The third-order valence-corrected chi connectivity index (χ3v) is 14.1. The Hall–Kier alpha value is -2.82. The second-order valence-corrected chi connectivity index (χ2v) is 19.4.